The van der Waals surface area contributed by atoms with Crippen LogP contribution in [0.15, 0.2) is 59.4 Å². The lowest BCUT2D eigenvalue weighted by Crippen LogP contribution is -1.89. The smallest absolute Gasteiger partial charge is 0.261 e. The summed E-state index contributed by atoms with van der Waals surface area (Å²) in [6.45, 7) is 0. The minimum Gasteiger partial charge on any atom is -0.439 e. The van der Waals surface area contributed by atoms with E-state index in [-0.39, 0.29) is 16.7 Å². The number of benzene rings is 1. The van der Waals surface area contributed by atoms with Crippen LogP contribution in [0.25, 0.3) is 22.4 Å². The molecule has 0 saturated carbocycles. The Morgan fingerprint density at radius 3 is 2.83 bits per heavy atom. The van der Waals surface area contributed by atoms with Gasteiger partial charge in [0.2, 0.25) is 5.88 Å². The number of rotatable bonds is 3. The molecular formula is C17H9ClFN3O2. The van der Waals surface area contributed by atoms with E-state index in [0.717, 1.165) is 10.9 Å². The maximum Gasteiger partial charge on any atom is 0.261 e. The standard InChI is InChI=1S/C17H9ClFN3O2/c18-11-6-12(19)8-13(7-11)23-15-4-3-14-16(22-24-17(14)21-15)10-2-1-5-20-9-10/h1-9H. The van der Waals surface area contributed by atoms with Crippen molar-refractivity contribution in [1.82, 2.24) is 15.1 Å². The zero-order valence-corrected chi connectivity index (χ0v) is 12.9. The SMILES string of the molecule is Fc1cc(Cl)cc(Oc2ccc3c(-c4cccnc4)noc3n2)c1. The van der Waals surface area contributed by atoms with Gasteiger partial charge in [-0.15, -0.1) is 0 Å². The molecule has 0 bridgehead atoms. The van der Waals surface area contributed by atoms with Crippen molar-refractivity contribution in [2.45, 2.75) is 0 Å². The summed E-state index contributed by atoms with van der Waals surface area (Å²) in [6, 6.07) is 11.0. The van der Waals surface area contributed by atoms with Crippen LogP contribution in [0, 0.1) is 5.82 Å². The number of hydrogen-bond acceptors (Lipinski definition) is 5. The molecule has 4 aromatic rings. The van der Waals surface area contributed by atoms with Gasteiger partial charge in [0.1, 0.15) is 17.3 Å². The number of pyridine rings is 2. The van der Waals surface area contributed by atoms with Crippen LogP contribution in [0.4, 0.5) is 4.39 Å². The van der Waals surface area contributed by atoms with Crippen LogP contribution in [0.2, 0.25) is 5.02 Å². The molecular weight excluding hydrogens is 333 g/mol. The Bertz CT molecular complexity index is 1000. The van der Waals surface area contributed by atoms with Gasteiger partial charge in [0.15, 0.2) is 0 Å². The third-order valence-electron chi connectivity index (χ3n) is 3.31. The van der Waals surface area contributed by atoms with Gasteiger partial charge in [0, 0.05) is 35.1 Å². The van der Waals surface area contributed by atoms with Gasteiger partial charge in [-0.25, -0.2) is 4.39 Å². The fraction of sp³-hybridized carbons (Fsp3) is 0. The van der Waals surface area contributed by atoms with Gasteiger partial charge < -0.3 is 9.26 Å². The Morgan fingerprint density at radius 2 is 2.04 bits per heavy atom. The van der Waals surface area contributed by atoms with Gasteiger partial charge in [-0.1, -0.05) is 16.8 Å². The van der Waals surface area contributed by atoms with Crippen molar-refractivity contribution >= 4 is 22.7 Å². The van der Waals surface area contributed by atoms with Crippen LogP contribution in [-0.4, -0.2) is 15.1 Å². The van der Waals surface area contributed by atoms with E-state index in [1.54, 1.807) is 24.5 Å². The topological polar surface area (TPSA) is 61.0 Å². The zero-order chi connectivity index (χ0) is 16.5. The van der Waals surface area contributed by atoms with E-state index in [9.17, 15) is 4.39 Å². The normalized spacial score (nSPS) is 10.9. The van der Waals surface area contributed by atoms with E-state index in [2.05, 4.69) is 15.1 Å². The van der Waals surface area contributed by atoms with Crippen molar-refractivity contribution in [3.05, 3.63) is 65.7 Å². The maximum atomic E-state index is 13.4. The molecule has 0 aliphatic rings. The molecule has 3 heterocycles. The molecule has 0 fully saturated rings. The second-order valence-corrected chi connectivity index (χ2v) is 5.42. The van der Waals surface area contributed by atoms with Gasteiger partial charge in [0.25, 0.3) is 5.71 Å². The lowest BCUT2D eigenvalue weighted by molar-refractivity contribution is 0.432. The Labute approximate surface area is 140 Å². The van der Waals surface area contributed by atoms with E-state index in [1.807, 2.05) is 12.1 Å². The van der Waals surface area contributed by atoms with Gasteiger partial charge in [0.05, 0.1) is 5.39 Å². The lowest BCUT2D eigenvalue weighted by atomic mass is 10.1. The minimum atomic E-state index is -0.489. The molecule has 118 valence electrons. The highest BCUT2D eigenvalue weighted by Gasteiger charge is 2.13. The van der Waals surface area contributed by atoms with Crippen LogP contribution in [-0.2, 0) is 0 Å². The number of hydrogen-bond donors (Lipinski definition) is 0. The van der Waals surface area contributed by atoms with Crippen molar-refractivity contribution in [3.8, 4) is 22.9 Å². The summed E-state index contributed by atoms with van der Waals surface area (Å²) in [5.41, 5.74) is 1.78. The molecule has 1 aromatic carbocycles. The van der Waals surface area contributed by atoms with E-state index >= 15 is 0 Å². The number of nitrogens with zero attached hydrogens (tertiary/aromatic N) is 3. The monoisotopic (exact) mass is 341 g/mol. The van der Waals surface area contributed by atoms with Crippen molar-refractivity contribution in [1.29, 1.82) is 0 Å². The van der Waals surface area contributed by atoms with Gasteiger partial charge in [-0.2, -0.15) is 4.98 Å². The average molecular weight is 342 g/mol. The first-order valence-corrected chi connectivity index (χ1v) is 7.37. The number of ether oxygens (including phenoxy) is 1. The highest BCUT2D eigenvalue weighted by Crippen LogP contribution is 2.30. The number of aromatic nitrogens is 3. The molecule has 0 atom stereocenters. The van der Waals surface area contributed by atoms with E-state index in [4.69, 9.17) is 20.9 Å². The Balaban J connectivity index is 1.69. The molecule has 0 aliphatic heterocycles. The molecule has 7 heteroatoms. The first-order valence-electron chi connectivity index (χ1n) is 7.00. The third kappa shape index (κ3) is 2.79. The molecule has 0 saturated heterocycles. The van der Waals surface area contributed by atoms with E-state index < -0.39 is 5.82 Å². The predicted octanol–water partition coefficient (Wildman–Crippen LogP) is 4.87. The molecule has 24 heavy (non-hydrogen) atoms. The molecule has 0 spiro atoms. The molecule has 0 radical (unpaired) electrons. The van der Waals surface area contributed by atoms with Crippen LogP contribution < -0.4 is 4.74 Å². The molecule has 3 aromatic heterocycles. The quantitative estimate of drug-likeness (QED) is 0.532. The van der Waals surface area contributed by atoms with E-state index in [1.165, 1.54) is 18.2 Å². The van der Waals surface area contributed by atoms with Crippen LogP contribution in [0.1, 0.15) is 0 Å². The molecule has 0 N–H and O–H groups in total. The van der Waals surface area contributed by atoms with Gasteiger partial charge in [-0.05, 0) is 30.3 Å². The fourth-order valence-electron chi connectivity index (χ4n) is 2.29. The molecule has 0 unspecified atom stereocenters. The highest BCUT2D eigenvalue weighted by atomic mass is 35.5. The molecule has 0 aliphatic carbocycles. The fourth-order valence-corrected chi connectivity index (χ4v) is 2.50. The van der Waals surface area contributed by atoms with Crippen LogP contribution >= 0.6 is 11.6 Å². The number of halogens is 2. The van der Waals surface area contributed by atoms with Crippen molar-refractivity contribution in [3.63, 3.8) is 0 Å². The van der Waals surface area contributed by atoms with Crippen molar-refractivity contribution in [2.75, 3.05) is 0 Å². The third-order valence-corrected chi connectivity index (χ3v) is 3.52. The van der Waals surface area contributed by atoms with Crippen molar-refractivity contribution < 1.29 is 13.7 Å². The lowest BCUT2D eigenvalue weighted by Gasteiger charge is -2.05. The summed E-state index contributed by atoms with van der Waals surface area (Å²) in [7, 11) is 0. The van der Waals surface area contributed by atoms with Crippen LogP contribution in [0.5, 0.6) is 11.6 Å². The minimum absolute atomic E-state index is 0.240. The largest absolute Gasteiger partial charge is 0.439 e. The molecule has 4 rings (SSSR count). The summed E-state index contributed by atoms with van der Waals surface area (Å²) in [4.78, 5) is 8.30. The zero-order valence-electron chi connectivity index (χ0n) is 12.1. The first-order chi connectivity index (χ1) is 11.7. The van der Waals surface area contributed by atoms with Gasteiger partial charge >= 0.3 is 0 Å². The predicted molar refractivity (Wildman–Crippen MR) is 86.5 cm³/mol. The maximum absolute atomic E-state index is 13.4. The summed E-state index contributed by atoms with van der Waals surface area (Å²) >= 11 is 5.81. The Hall–Kier alpha value is -2.99. The second kappa shape index (κ2) is 5.90. The van der Waals surface area contributed by atoms with Crippen LogP contribution in [0.3, 0.4) is 0 Å². The summed E-state index contributed by atoms with van der Waals surface area (Å²) in [5.74, 6) is 0.00834. The summed E-state index contributed by atoms with van der Waals surface area (Å²) in [6.07, 6.45) is 3.37. The molecule has 5 nitrogen and oxygen atoms in total. The first kappa shape index (κ1) is 14.6. The van der Waals surface area contributed by atoms with E-state index in [0.29, 0.717) is 11.4 Å². The van der Waals surface area contributed by atoms with Crippen molar-refractivity contribution in [2.24, 2.45) is 0 Å². The average Bonchev–Trinajstić information content (AvgIpc) is 2.98. The van der Waals surface area contributed by atoms with Gasteiger partial charge in [-0.3, -0.25) is 4.98 Å². The second-order valence-electron chi connectivity index (χ2n) is 4.98. The Morgan fingerprint density at radius 1 is 1.12 bits per heavy atom. The molecule has 0 amide bonds. The number of fused-ring (bicyclic) bond motifs is 1. The highest BCUT2D eigenvalue weighted by molar-refractivity contribution is 6.30. The Kier molecular flexibility index (Phi) is 3.59. The summed E-state index contributed by atoms with van der Waals surface area (Å²) in [5, 5.41) is 5.00. The summed E-state index contributed by atoms with van der Waals surface area (Å²) < 4.78 is 24.1.